The number of hydrogen-bond acceptors (Lipinski definition) is 4. The van der Waals surface area contributed by atoms with Crippen LogP contribution in [0.25, 0.3) is 0 Å². The summed E-state index contributed by atoms with van der Waals surface area (Å²) in [5, 5.41) is 12.9. The number of amides is 1. The molecule has 0 radical (unpaired) electrons. The Balaban J connectivity index is 1.95. The van der Waals surface area contributed by atoms with Gasteiger partial charge in [-0.2, -0.15) is 0 Å². The third kappa shape index (κ3) is 4.47. The van der Waals surface area contributed by atoms with Crippen molar-refractivity contribution in [3.8, 4) is 5.75 Å². The molecule has 1 atom stereocenters. The lowest BCUT2D eigenvalue weighted by atomic mass is 10.1. The summed E-state index contributed by atoms with van der Waals surface area (Å²) >= 11 is 0. The molecule has 23 heavy (non-hydrogen) atoms. The number of rotatable bonds is 6. The van der Waals surface area contributed by atoms with Crippen LogP contribution in [0.5, 0.6) is 5.75 Å². The van der Waals surface area contributed by atoms with Crippen LogP contribution in [0.1, 0.15) is 22.0 Å². The number of carbonyl (C=O) groups excluding carboxylic acids is 1. The minimum Gasteiger partial charge on any atom is -0.497 e. The highest BCUT2D eigenvalue weighted by atomic mass is 16.5. The molecule has 0 aliphatic heterocycles. The molecule has 1 amide bonds. The van der Waals surface area contributed by atoms with Gasteiger partial charge in [-0.25, -0.2) is 0 Å². The molecule has 0 fully saturated rings. The molecular formula is C18H22N2O3. The smallest absolute Gasteiger partial charge is 0.251 e. The van der Waals surface area contributed by atoms with Gasteiger partial charge in [-0.1, -0.05) is 12.1 Å². The molecule has 2 aromatic carbocycles. The lowest BCUT2D eigenvalue weighted by molar-refractivity contribution is 0.0916. The van der Waals surface area contributed by atoms with Gasteiger partial charge in [-0.05, 0) is 42.0 Å². The first-order valence-corrected chi connectivity index (χ1v) is 7.39. The van der Waals surface area contributed by atoms with Crippen molar-refractivity contribution in [1.82, 2.24) is 5.32 Å². The number of anilines is 1. The van der Waals surface area contributed by atoms with E-state index in [1.54, 1.807) is 43.5 Å². The second kappa shape index (κ2) is 7.65. The van der Waals surface area contributed by atoms with Gasteiger partial charge < -0.3 is 20.1 Å². The van der Waals surface area contributed by atoms with E-state index in [0.29, 0.717) is 16.9 Å². The van der Waals surface area contributed by atoms with Crippen molar-refractivity contribution in [3.05, 3.63) is 59.7 Å². The first-order chi connectivity index (χ1) is 11.0. The summed E-state index contributed by atoms with van der Waals surface area (Å²) in [5.74, 6) is 0.462. The van der Waals surface area contributed by atoms with E-state index in [2.05, 4.69) is 5.32 Å². The number of benzene rings is 2. The number of hydrogen-bond donors (Lipinski definition) is 2. The van der Waals surface area contributed by atoms with Crippen LogP contribution in [-0.4, -0.2) is 38.8 Å². The quantitative estimate of drug-likeness (QED) is 0.858. The van der Waals surface area contributed by atoms with Crippen LogP contribution in [-0.2, 0) is 0 Å². The molecule has 2 rings (SSSR count). The third-order valence-electron chi connectivity index (χ3n) is 3.58. The van der Waals surface area contributed by atoms with Crippen molar-refractivity contribution in [1.29, 1.82) is 0 Å². The minimum absolute atomic E-state index is 0.140. The summed E-state index contributed by atoms with van der Waals surface area (Å²) in [6.45, 7) is 0.140. The number of carbonyl (C=O) groups is 1. The Kier molecular flexibility index (Phi) is 5.60. The summed E-state index contributed by atoms with van der Waals surface area (Å²) < 4.78 is 5.13. The molecule has 5 nitrogen and oxygen atoms in total. The zero-order valence-corrected chi connectivity index (χ0v) is 13.6. The molecule has 0 spiro atoms. The maximum atomic E-state index is 12.1. The Hall–Kier alpha value is -2.53. The maximum absolute atomic E-state index is 12.1. The number of nitrogens with zero attached hydrogens (tertiary/aromatic N) is 1. The number of ether oxygens (including phenoxy) is 1. The van der Waals surface area contributed by atoms with Crippen molar-refractivity contribution in [3.63, 3.8) is 0 Å². The Morgan fingerprint density at radius 3 is 2.52 bits per heavy atom. The van der Waals surface area contributed by atoms with Gasteiger partial charge in [0.25, 0.3) is 5.91 Å². The first kappa shape index (κ1) is 16.8. The van der Waals surface area contributed by atoms with Crippen LogP contribution >= 0.6 is 0 Å². The van der Waals surface area contributed by atoms with Gasteiger partial charge in [0.05, 0.1) is 13.2 Å². The van der Waals surface area contributed by atoms with Crippen LogP contribution in [0.15, 0.2) is 48.5 Å². The monoisotopic (exact) mass is 314 g/mol. The first-order valence-electron chi connectivity index (χ1n) is 7.39. The molecule has 122 valence electrons. The molecule has 0 bridgehead atoms. The van der Waals surface area contributed by atoms with E-state index in [1.807, 2.05) is 31.1 Å². The highest BCUT2D eigenvalue weighted by Crippen LogP contribution is 2.18. The molecule has 0 saturated heterocycles. The van der Waals surface area contributed by atoms with Crippen molar-refractivity contribution in [2.24, 2.45) is 0 Å². The van der Waals surface area contributed by atoms with Crippen molar-refractivity contribution >= 4 is 11.6 Å². The van der Waals surface area contributed by atoms with E-state index in [0.717, 1.165) is 5.69 Å². The zero-order valence-electron chi connectivity index (χ0n) is 13.6. The van der Waals surface area contributed by atoms with Crippen LogP contribution in [0, 0.1) is 0 Å². The van der Waals surface area contributed by atoms with Gasteiger partial charge in [0.15, 0.2) is 0 Å². The summed E-state index contributed by atoms with van der Waals surface area (Å²) in [7, 11) is 5.46. The fourth-order valence-corrected chi connectivity index (χ4v) is 2.17. The average molecular weight is 314 g/mol. The summed E-state index contributed by atoms with van der Waals surface area (Å²) in [6, 6.07) is 14.5. The highest BCUT2D eigenvalue weighted by Gasteiger charge is 2.11. The largest absolute Gasteiger partial charge is 0.497 e. The molecule has 0 aliphatic carbocycles. The van der Waals surface area contributed by atoms with Gasteiger partial charge >= 0.3 is 0 Å². The number of nitrogens with one attached hydrogen (secondary N) is 1. The normalized spacial score (nSPS) is 11.7. The Bertz CT molecular complexity index is 654. The molecule has 0 aliphatic rings. The van der Waals surface area contributed by atoms with E-state index in [1.165, 1.54) is 0 Å². The molecule has 1 unspecified atom stereocenters. The number of aliphatic hydroxyl groups is 1. The zero-order chi connectivity index (χ0) is 16.8. The molecule has 2 N–H and O–H groups in total. The standard InChI is InChI=1S/C18H22N2O3/c1-20(2)15-9-7-13(8-10-15)18(22)19-12-17(21)14-5-4-6-16(11-14)23-3/h4-11,17,21H,12H2,1-3H3,(H,19,22). The second-order valence-electron chi connectivity index (χ2n) is 5.44. The number of aliphatic hydroxyl groups excluding tert-OH is 1. The third-order valence-corrected chi connectivity index (χ3v) is 3.58. The van der Waals surface area contributed by atoms with E-state index in [9.17, 15) is 9.90 Å². The van der Waals surface area contributed by atoms with Gasteiger partial charge in [0, 0.05) is 31.9 Å². The Labute approximate surface area is 136 Å². The van der Waals surface area contributed by atoms with E-state index >= 15 is 0 Å². The summed E-state index contributed by atoms with van der Waals surface area (Å²) in [4.78, 5) is 14.1. The van der Waals surface area contributed by atoms with Crippen molar-refractivity contribution in [2.45, 2.75) is 6.10 Å². The van der Waals surface area contributed by atoms with Gasteiger partial charge in [0.1, 0.15) is 5.75 Å². The van der Waals surface area contributed by atoms with Gasteiger partial charge in [0.2, 0.25) is 0 Å². The van der Waals surface area contributed by atoms with Gasteiger partial charge in [-0.3, -0.25) is 4.79 Å². The fraction of sp³-hybridized carbons (Fsp3) is 0.278. The second-order valence-corrected chi connectivity index (χ2v) is 5.44. The topological polar surface area (TPSA) is 61.8 Å². The lowest BCUT2D eigenvalue weighted by Gasteiger charge is -2.14. The molecule has 5 heteroatoms. The molecule has 0 aromatic heterocycles. The highest BCUT2D eigenvalue weighted by molar-refractivity contribution is 5.94. The maximum Gasteiger partial charge on any atom is 0.251 e. The number of methoxy groups -OCH3 is 1. The fourth-order valence-electron chi connectivity index (χ4n) is 2.17. The van der Waals surface area contributed by atoms with E-state index in [-0.39, 0.29) is 12.5 Å². The van der Waals surface area contributed by atoms with Crippen molar-refractivity contribution in [2.75, 3.05) is 32.6 Å². The Morgan fingerprint density at radius 2 is 1.91 bits per heavy atom. The van der Waals surface area contributed by atoms with E-state index in [4.69, 9.17) is 4.74 Å². The predicted molar refractivity (Wildman–Crippen MR) is 91.1 cm³/mol. The van der Waals surface area contributed by atoms with E-state index < -0.39 is 6.10 Å². The average Bonchev–Trinajstić information content (AvgIpc) is 2.59. The van der Waals surface area contributed by atoms with Crippen LogP contribution in [0.3, 0.4) is 0 Å². The summed E-state index contributed by atoms with van der Waals surface area (Å²) in [6.07, 6.45) is -0.782. The predicted octanol–water partition coefficient (Wildman–Crippen LogP) is 2.22. The van der Waals surface area contributed by atoms with Crippen LogP contribution in [0.2, 0.25) is 0 Å². The van der Waals surface area contributed by atoms with Crippen LogP contribution < -0.4 is 15.0 Å². The molecule has 2 aromatic rings. The Morgan fingerprint density at radius 1 is 1.22 bits per heavy atom. The molecule has 0 saturated carbocycles. The van der Waals surface area contributed by atoms with Crippen molar-refractivity contribution < 1.29 is 14.6 Å². The molecule has 0 heterocycles. The minimum atomic E-state index is -0.782. The summed E-state index contributed by atoms with van der Waals surface area (Å²) in [5.41, 5.74) is 2.29. The van der Waals surface area contributed by atoms with Crippen LogP contribution in [0.4, 0.5) is 5.69 Å². The molecular weight excluding hydrogens is 292 g/mol. The lowest BCUT2D eigenvalue weighted by Crippen LogP contribution is -2.28. The van der Waals surface area contributed by atoms with Gasteiger partial charge in [-0.15, -0.1) is 0 Å². The SMILES string of the molecule is COc1cccc(C(O)CNC(=O)c2ccc(N(C)C)cc2)c1.